The molecule has 116 valence electrons. The van der Waals surface area contributed by atoms with Crippen LogP contribution in [0.25, 0.3) is 0 Å². The number of urea groups is 1. The lowest BCUT2D eigenvalue weighted by Crippen LogP contribution is -2.44. The van der Waals surface area contributed by atoms with Crippen molar-refractivity contribution in [2.45, 2.75) is 37.8 Å². The van der Waals surface area contributed by atoms with Gasteiger partial charge in [0.05, 0.1) is 5.69 Å². The van der Waals surface area contributed by atoms with E-state index in [-0.39, 0.29) is 17.8 Å². The summed E-state index contributed by atoms with van der Waals surface area (Å²) in [6, 6.07) is 3.40. The van der Waals surface area contributed by atoms with E-state index in [9.17, 15) is 13.6 Å². The van der Waals surface area contributed by atoms with Gasteiger partial charge in [0.15, 0.2) is 0 Å². The van der Waals surface area contributed by atoms with Gasteiger partial charge in [-0.1, -0.05) is 0 Å². The Morgan fingerprint density at radius 1 is 1.24 bits per heavy atom. The normalized spacial score (nSPS) is 21.9. The highest BCUT2D eigenvalue weighted by molar-refractivity contribution is 5.89. The number of rotatable bonds is 3. The molecule has 2 N–H and O–H groups in total. The van der Waals surface area contributed by atoms with Crippen LogP contribution in [0.3, 0.4) is 0 Å². The number of halogens is 2. The molecule has 0 heterocycles. The number of nitrogens with zero attached hydrogens (tertiary/aromatic N) is 1. The third kappa shape index (κ3) is 3.91. The lowest BCUT2D eigenvalue weighted by atomic mass is 9.90. The minimum absolute atomic E-state index is 0.00263. The molecule has 4 nitrogen and oxygen atoms in total. The average Bonchev–Trinajstić information content (AvgIpc) is 2.49. The zero-order valence-corrected chi connectivity index (χ0v) is 12.3. The Balaban J connectivity index is 1.93. The maximum Gasteiger partial charge on any atom is 0.321 e. The molecule has 1 aliphatic rings. The fourth-order valence-electron chi connectivity index (χ4n) is 2.71. The standard InChI is InChI=1S/C15H21F2N3O/c1-18-11-4-6-12(7-5-11)20(2)15(21)19-14-8-3-10(16)9-13(14)17/h3,8-9,11-12,18H,4-7H2,1-2H3,(H,19,21). The van der Waals surface area contributed by atoms with Crippen molar-refractivity contribution < 1.29 is 13.6 Å². The number of amides is 2. The lowest BCUT2D eigenvalue weighted by molar-refractivity contribution is 0.178. The van der Waals surface area contributed by atoms with Crippen molar-refractivity contribution in [2.24, 2.45) is 0 Å². The van der Waals surface area contributed by atoms with Gasteiger partial charge in [0, 0.05) is 25.2 Å². The van der Waals surface area contributed by atoms with Gasteiger partial charge in [0.1, 0.15) is 11.6 Å². The van der Waals surface area contributed by atoms with Crippen LogP contribution in [0, 0.1) is 11.6 Å². The maximum absolute atomic E-state index is 13.5. The van der Waals surface area contributed by atoms with E-state index in [0.29, 0.717) is 6.04 Å². The largest absolute Gasteiger partial charge is 0.325 e. The van der Waals surface area contributed by atoms with E-state index < -0.39 is 11.6 Å². The summed E-state index contributed by atoms with van der Waals surface area (Å²) in [5.74, 6) is -1.43. The highest BCUT2D eigenvalue weighted by Gasteiger charge is 2.26. The minimum atomic E-state index is -0.768. The van der Waals surface area contributed by atoms with Crippen LogP contribution < -0.4 is 10.6 Å². The van der Waals surface area contributed by atoms with Gasteiger partial charge in [-0.25, -0.2) is 13.6 Å². The van der Waals surface area contributed by atoms with Gasteiger partial charge in [-0.15, -0.1) is 0 Å². The SMILES string of the molecule is CNC1CCC(N(C)C(=O)Nc2ccc(F)cc2F)CC1. The van der Waals surface area contributed by atoms with Crippen LogP contribution >= 0.6 is 0 Å². The molecule has 1 aliphatic carbocycles. The Morgan fingerprint density at radius 3 is 2.48 bits per heavy atom. The molecule has 2 amide bonds. The number of carbonyl (C=O) groups is 1. The summed E-state index contributed by atoms with van der Waals surface area (Å²) in [6.45, 7) is 0. The Bertz CT molecular complexity index is 502. The van der Waals surface area contributed by atoms with Crippen LogP contribution in [0.5, 0.6) is 0 Å². The molecule has 1 fully saturated rings. The molecule has 1 aromatic rings. The number of benzene rings is 1. The molecular formula is C15H21F2N3O. The number of hydrogen-bond acceptors (Lipinski definition) is 2. The van der Waals surface area contributed by atoms with Crippen LogP contribution in [0.4, 0.5) is 19.3 Å². The number of nitrogens with one attached hydrogen (secondary N) is 2. The topological polar surface area (TPSA) is 44.4 Å². The molecule has 0 unspecified atom stereocenters. The summed E-state index contributed by atoms with van der Waals surface area (Å²) < 4.78 is 26.4. The van der Waals surface area contributed by atoms with Crippen LogP contribution in [0.15, 0.2) is 18.2 Å². The van der Waals surface area contributed by atoms with E-state index in [1.807, 2.05) is 7.05 Å². The van der Waals surface area contributed by atoms with E-state index in [1.54, 1.807) is 11.9 Å². The average molecular weight is 297 g/mol. The van der Waals surface area contributed by atoms with Gasteiger partial charge in [-0.3, -0.25) is 0 Å². The van der Waals surface area contributed by atoms with E-state index in [0.717, 1.165) is 37.8 Å². The first-order chi connectivity index (χ1) is 10.0. The zero-order chi connectivity index (χ0) is 15.4. The Morgan fingerprint density at radius 2 is 1.90 bits per heavy atom. The molecule has 0 bridgehead atoms. The molecular weight excluding hydrogens is 276 g/mol. The summed E-state index contributed by atoms with van der Waals surface area (Å²) in [6.07, 6.45) is 3.87. The lowest BCUT2D eigenvalue weighted by Gasteiger charge is -2.34. The van der Waals surface area contributed by atoms with Crippen molar-refractivity contribution in [2.75, 3.05) is 19.4 Å². The fraction of sp³-hybridized carbons (Fsp3) is 0.533. The summed E-state index contributed by atoms with van der Waals surface area (Å²) in [7, 11) is 3.65. The molecule has 0 atom stereocenters. The van der Waals surface area contributed by atoms with Crippen molar-refractivity contribution in [3.63, 3.8) is 0 Å². The monoisotopic (exact) mass is 297 g/mol. The van der Waals surface area contributed by atoms with Gasteiger partial charge >= 0.3 is 6.03 Å². The van der Waals surface area contributed by atoms with E-state index >= 15 is 0 Å². The van der Waals surface area contributed by atoms with Crippen molar-refractivity contribution in [3.8, 4) is 0 Å². The van der Waals surface area contributed by atoms with Crippen molar-refractivity contribution in [1.82, 2.24) is 10.2 Å². The molecule has 21 heavy (non-hydrogen) atoms. The smallest absolute Gasteiger partial charge is 0.321 e. The van der Waals surface area contributed by atoms with Crippen LogP contribution in [0.2, 0.25) is 0 Å². The zero-order valence-electron chi connectivity index (χ0n) is 12.3. The van der Waals surface area contributed by atoms with E-state index in [1.165, 1.54) is 6.07 Å². The Kier molecular flexibility index (Phi) is 5.12. The van der Waals surface area contributed by atoms with Crippen molar-refractivity contribution >= 4 is 11.7 Å². The second kappa shape index (κ2) is 6.85. The quantitative estimate of drug-likeness (QED) is 0.901. The maximum atomic E-state index is 13.5. The second-order valence-electron chi connectivity index (χ2n) is 5.46. The molecule has 0 aliphatic heterocycles. The van der Waals surface area contributed by atoms with Crippen molar-refractivity contribution in [1.29, 1.82) is 0 Å². The molecule has 1 aromatic carbocycles. The molecule has 2 rings (SSSR count). The van der Waals surface area contributed by atoms with Crippen LogP contribution in [-0.4, -0.2) is 37.1 Å². The second-order valence-corrected chi connectivity index (χ2v) is 5.46. The third-order valence-corrected chi connectivity index (χ3v) is 4.15. The van der Waals surface area contributed by atoms with E-state index in [4.69, 9.17) is 0 Å². The molecule has 0 radical (unpaired) electrons. The summed E-state index contributed by atoms with van der Waals surface area (Å²) in [5, 5.41) is 5.73. The fourth-order valence-corrected chi connectivity index (χ4v) is 2.71. The number of hydrogen-bond donors (Lipinski definition) is 2. The van der Waals surface area contributed by atoms with Gasteiger partial charge in [-0.2, -0.15) is 0 Å². The first-order valence-electron chi connectivity index (χ1n) is 7.17. The van der Waals surface area contributed by atoms with Crippen LogP contribution in [-0.2, 0) is 0 Å². The predicted molar refractivity (Wildman–Crippen MR) is 78.2 cm³/mol. The molecule has 1 saturated carbocycles. The minimum Gasteiger partial charge on any atom is -0.325 e. The van der Waals surface area contributed by atoms with Gasteiger partial charge in [0.25, 0.3) is 0 Å². The molecule has 0 aromatic heterocycles. The van der Waals surface area contributed by atoms with Gasteiger partial charge in [0.2, 0.25) is 0 Å². The Labute approximate surface area is 123 Å². The first kappa shape index (κ1) is 15.7. The highest BCUT2D eigenvalue weighted by Crippen LogP contribution is 2.23. The van der Waals surface area contributed by atoms with Gasteiger partial charge in [-0.05, 0) is 44.9 Å². The predicted octanol–water partition coefficient (Wildman–Crippen LogP) is 2.96. The molecule has 0 spiro atoms. The summed E-state index contributed by atoms with van der Waals surface area (Å²) >= 11 is 0. The molecule has 6 heteroatoms. The van der Waals surface area contributed by atoms with Crippen molar-refractivity contribution in [3.05, 3.63) is 29.8 Å². The summed E-state index contributed by atoms with van der Waals surface area (Å²) in [5.41, 5.74) is -0.00263. The van der Waals surface area contributed by atoms with Crippen LogP contribution in [0.1, 0.15) is 25.7 Å². The number of anilines is 1. The highest BCUT2D eigenvalue weighted by atomic mass is 19.1. The molecule has 0 saturated heterocycles. The van der Waals surface area contributed by atoms with Gasteiger partial charge < -0.3 is 15.5 Å². The first-order valence-corrected chi connectivity index (χ1v) is 7.17. The van der Waals surface area contributed by atoms with E-state index in [2.05, 4.69) is 10.6 Å². The summed E-state index contributed by atoms with van der Waals surface area (Å²) in [4.78, 5) is 13.7. The number of carbonyl (C=O) groups excluding carboxylic acids is 1. The third-order valence-electron chi connectivity index (χ3n) is 4.15. The Hall–Kier alpha value is -1.69.